The summed E-state index contributed by atoms with van der Waals surface area (Å²) in [5.41, 5.74) is 2.54. The summed E-state index contributed by atoms with van der Waals surface area (Å²) in [7, 11) is 0. The van der Waals surface area contributed by atoms with E-state index in [1.165, 1.54) is 11.3 Å². The summed E-state index contributed by atoms with van der Waals surface area (Å²) < 4.78 is 5.68. The molecule has 0 amide bonds. The number of anilines is 1. The molecule has 0 radical (unpaired) electrons. The number of benzene rings is 1. The van der Waals surface area contributed by atoms with Crippen molar-refractivity contribution in [1.29, 1.82) is 0 Å². The molecule has 1 aromatic rings. The minimum atomic E-state index is 0.0925. The van der Waals surface area contributed by atoms with Crippen LogP contribution in [0.4, 0.5) is 5.69 Å². The van der Waals surface area contributed by atoms with Crippen LogP contribution in [0.1, 0.15) is 19.4 Å². The smallest absolute Gasteiger partial charge is 0.149 e. The molecule has 2 nitrogen and oxygen atoms in total. The fourth-order valence-electron chi connectivity index (χ4n) is 1.98. The molecule has 80 valence electrons. The van der Waals surface area contributed by atoms with E-state index in [0.29, 0.717) is 0 Å². The van der Waals surface area contributed by atoms with Gasteiger partial charge in [0.15, 0.2) is 0 Å². The SMILES string of the molecule is CCOC1C=Cc2ccccc2N1CC. The van der Waals surface area contributed by atoms with E-state index in [0.717, 1.165) is 13.2 Å². The van der Waals surface area contributed by atoms with Crippen LogP contribution in [0.5, 0.6) is 0 Å². The first-order valence-corrected chi connectivity index (χ1v) is 5.52. The van der Waals surface area contributed by atoms with Crippen molar-refractivity contribution in [3.05, 3.63) is 35.9 Å². The number of likely N-dealkylation sites (N-methyl/N-ethyl adjacent to an activating group) is 1. The minimum absolute atomic E-state index is 0.0925. The van der Waals surface area contributed by atoms with Gasteiger partial charge in [-0.05, 0) is 31.6 Å². The van der Waals surface area contributed by atoms with Crippen LogP contribution >= 0.6 is 0 Å². The number of para-hydroxylation sites is 1. The molecule has 2 rings (SSSR count). The highest BCUT2D eigenvalue weighted by Gasteiger charge is 2.20. The molecule has 2 heteroatoms. The van der Waals surface area contributed by atoms with Crippen molar-refractivity contribution in [2.75, 3.05) is 18.1 Å². The van der Waals surface area contributed by atoms with Crippen LogP contribution in [-0.2, 0) is 4.74 Å². The third kappa shape index (κ3) is 1.90. The van der Waals surface area contributed by atoms with Crippen molar-refractivity contribution in [1.82, 2.24) is 0 Å². The quantitative estimate of drug-likeness (QED) is 0.749. The predicted molar refractivity (Wildman–Crippen MR) is 63.9 cm³/mol. The van der Waals surface area contributed by atoms with Crippen molar-refractivity contribution in [2.45, 2.75) is 20.1 Å². The van der Waals surface area contributed by atoms with Gasteiger partial charge in [-0.1, -0.05) is 24.3 Å². The van der Waals surface area contributed by atoms with Crippen LogP contribution in [-0.4, -0.2) is 19.4 Å². The van der Waals surface area contributed by atoms with Crippen LogP contribution in [0.3, 0.4) is 0 Å². The Morgan fingerprint density at radius 3 is 2.80 bits per heavy atom. The van der Waals surface area contributed by atoms with Crippen LogP contribution in [0.2, 0.25) is 0 Å². The number of hydrogen-bond acceptors (Lipinski definition) is 2. The average molecular weight is 203 g/mol. The maximum absolute atomic E-state index is 5.68. The molecule has 1 unspecified atom stereocenters. The lowest BCUT2D eigenvalue weighted by Crippen LogP contribution is -2.37. The molecule has 0 aliphatic carbocycles. The van der Waals surface area contributed by atoms with Crippen LogP contribution < -0.4 is 4.90 Å². The van der Waals surface area contributed by atoms with E-state index in [1.54, 1.807) is 0 Å². The molecule has 1 aliphatic rings. The Kier molecular flexibility index (Phi) is 3.07. The van der Waals surface area contributed by atoms with E-state index in [9.17, 15) is 0 Å². The molecule has 0 aromatic heterocycles. The van der Waals surface area contributed by atoms with Crippen molar-refractivity contribution in [3.8, 4) is 0 Å². The first-order chi connectivity index (χ1) is 7.36. The van der Waals surface area contributed by atoms with Gasteiger partial charge in [0.2, 0.25) is 0 Å². The Bertz CT molecular complexity index is 359. The second-order valence-electron chi connectivity index (χ2n) is 3.55. The molecule has 0 saturated heterocycles. The van der Waals surface area contributed by atoms with E-state index < -0.39 is 0 Å². The van der Waals surface area contributed by atoms with Crippen LogP contribution in [0, 0.1) is 0 Å². The van der Waals surface area contributed by atoms with Gasteiger partial charge in [0.05, 0.1) is 0 Å². The molecule has 1 aliphatic heterocycles. The number of ether oxygens (including phenoxy) is 1. The molecule has 1 aromatic carbocycles. The van der Waals surface area contributed by atoms with Gasteiger partial charge in [0, 0.05) is 18.8 Å². The van der Waals surface area contributed by atoms with Gasteiger partial charge in [-0.25, -0.2) is 0 Å². The highest BCUT2D eigenvalue weighted by atomic mass is 16.5. The van der Waals surface area contributed by atoms with Crippen LogP contribution in [0.25, 0.3) is 6.08 Å². The van der Waals surface area contributed by atoms with E-state index in [1.807, 2.05) is 6.92 Å². The molecule has 1 atom stereocenters. The summed E-state index contributed by atoms with van der Waals surface area (Å²) in [4.78, 5) is 2.28. The lowest BCUT2D eigenvalue weighted by atomic mass is 10.1. The lowest BCUT2D eigenvalue weighted by molar-refractivity contribution is 0.0938. The predicted octanol–water partition coefficient (Wildman–Crippen LogP) is 2.90. The number of rotatable bonds is 3. The number of nitrogens with zero attached hydrogens (tertiary/aromatic N) is 1. The number of hydrogen-bond donors (Lipinski definition) is 0. The van der Waals surface area contributed by atoms with Crippen molar-refractivity contribution in [2.24, 2.45) is 0 Å². The Morgan fingerprint density at radius 1 is 1.27 bits per heavy atom. The summed E-state index contributed by atoms with van der Waals surface area (Å²) in [6.07, 6.45) is 4.35. The molecule has 15 heavy (non-hydrogen) atoms. The second kappa shape index (κ2) is 4.49. The van der Waals surface area contributed by atoms with Gasteiger partial charge in [0.1, 0.15) is 6.23 Å². The summed E-state index contributed by atoms with van der Waals surface area (Å²) in [6, 6.07) is 8.42. The summed E-state index contributed by atoms with van der Waals surface area (Å²) in [5, 5.41) is 0. The topological polar surface area (TPSA) is 12.5 Å². The fourth-order valence-corrected chi connectivity index (χ4v) is 1.98. The Morgan fingerprint density at radius 2 is 2.07 bits per heavy atom. The molecule has 0 bridgehead atoms. The van der Waals surface area contributed by atoms with E-state index in [2.05, 4.69) is 48.2 Å². The van der Waals surface area contributed by atoms with Gasteiger partial charge < -0.3 is 9.64 Å². The molecular weight excluding hydrogens is 186 g/mol. The normalized spacial score (nSPS) is 19.1. The monoisotopic (exact) mass is 203 g/mol. The zero-order chi connectivity index (χ0) is 10.7. The summed E-state index contributed by atoms with van der Waals surface area (Å²) >= 11 is 0. The lowest BCUT2D eigenvalue weighted by Gasteiger charge is -2.34. The maximum atomic E-state index is 5.68. The van der Waals surface area contributed by atoms with E-state index >= 15 is 0 Å². The van der Waals surface area contributed by atoms with Crippen molar-refractivity contribution >= 4 is 11.8 Å². The van der Waals surface area contributed by atoms with Gasteiger partial charge in [-0.3, -0.25) is 0 Å². The summed E-state index contributed by atoms with van der Waals surface area (Å²) in [6.45, 7) is 5.89. The summed E-state index contributed by atoms with van der Waals surface area (Å²) in [5.74, 6) is 0. The minimum Gasteiger partial charge on any atom is -0.355 e. The second-order valence-corrected chi connectivity index (χ2v) is 3.55. The average Bonchev–Trinajstić information content (AvgIpc) is 2.29. The third-order valence-corrected chi connectivity index (χ3v) is 2.67. The molecule has 0 N–H and O–H groups in total. The zero-order valence-electron chi connectivity index (χ0n) is 9.31. The van der Waals surface area contributed by atoms with Crippen LogP contribution in [0.15, 0.2) is 30.3 Å². The maximum Gasteiger partial charge on any atom is 0.149 e. The molecule has 0 spiro atoms. The van der Waals surface area contributed by atoms with E-state index in [-0.39, 0.29) is 6.23 Å². The highest BCUT2D eigenvalue weighted by molar-refractivity contribution is 5.71. The largest absolute Gasteiger partial charge is 0.355 e. The first kappa shape index (κ1) is 10.2. The van der Waals surface area contributed by atoms with E-state index in [4.69, 9.17) is 4.74 Å². The molecule has 0 fully saturated rings. The molecule has 0 saturated carbocycles. The standard InChI is InChI=1S/C13H17NO/c1-3-14-12-8-6-5-7-11(12)9-10-13(14)15-4-2/h5-10,13H,3-4H2,1-2H3. The Hall–Kier alpha value is -1.28. The fraction of sp³-hybridized carbons (Fsp3) is 0.385. The first-order valence-electron chi connectivity index (χ1n) is 5.52. The van der Waals surface area contributed by atoms with Gasteiger partial charge >= 0.3 is 0 Å². The Labute approximate surface area is 91.2 Å². The van der Waals surface area contributed by atoms with Gasteiger partial charge in [0.25, 0.3) is 0 Å². The van der Waals surface area contributed by atoms with Gasteiger partial charge in [-0.15, -0.1) is 0 Å². The molecule has 1 heterocycles. The van der Waals surface area contributed by atoms with Crippen molar-refractivity contribution in [3.63, 3.8) is 0 Å². The zero-order valence-corrected chi connectivity index (χ0v) is 9.31. The highest BCUT2D eigenvalue weighted by Crippen LogP contribution is 2.28. The number of fused-ring (bicyclic) bond motifs is 1. The van der Waals surface area contributed by atoms with Crippen molar-refractivity contribution < 1.29 is 4.74 Å². The molecular formula is C13H17NO. The Balaban J connectivity index is 2.32. The third-order valence-electron chi connectivity index (χ3n) is 2.67. The van der Waals surface area contributed by atoms with Gasteiger partial charge in [-0.2, -0.15) is 0 Å².